The van der Waals surface area contributed by atoms with Gasteiger partial charge in [-0.25, -0.2) is 4.79 Å². The van der Waals surface area contributed by atoms with Crippen molar-refractivity contribution in [2.45, 2.75) is 84.0 Å². The molecule has 0 aromatic heterocycles. The molecule has 0 amide bonds. The lowest BCUT2D eigenvalue weighted by Gasteiger charge is -2.35. The second-order valence-electron chi connectivity index (χ2n) is 9.95. The van der Waals surface area contributed by atoms with E-state index in [9.17, 15) is 9.90 Å². The van der Waals surface area contributed by atoms with Crippen molar-refractivity contribution in [1.29, 1.82) is 0 Å². The standard InChI is InChI=1S/C29H39NO5/c1-5-24-26(16-19(2)20(3)27(24)33-4)25-11-10-22(17-21(25)18-35-23-8-6-7-9-23)30-29(28(31)32)12-14-34-15-13-29/h10-11,16-17,23,30H,5-9,12-15,18H2,1-4H3,(H,31,32). The van der Waals surface area contributed by atoms with Gasteiger partial charge in [-0.2, -0.15) is 0 Å². The predicted molar refractivity (Wildman–Crippen MR) is 138 cm³/mol. The van der Waals surface area contributed by atoms with Gasteiger partial charge in [0.2, 0.25) is 0 Å². The van der Waals surface area contributed by atoms with Crippen molar-refractivity contribution >= 4 is 11.7 Å². The van der Waals surface area contributed by atoms with E-state index in [-0.39, 0.29) is 0 Å². The molecule has 1 aliphatic heterocycles. The molecule has 2 N–H and O–H groups in total. The molecule has 6 nitrogen and oxygen atoms in total. The van der Waals surface area contributed by atoms with E-state index in [0.29, 0.717) is 38.8 Å². The first-order valence-corrected chi connectivity index (χ1v) is 12.9. The van der Waals surface area contributed by atoms with Gasteiger partial charge < -0.3 is 24.6 Å². The minimum Gasteiger partial charge on any atom is -0.496 e. The van der Waals surface area contributed by atoms with Crippen molar-refractivity contribution in [2.75, 3.05) is 25.6 Å². The number of hydrogen-bond acceptors (Lipinski definition) is 5. The number of rotatable bonds is 9. The lowest BCUT2D eigenvalue weighted by atomic mass is 9.88. The topological polar surface area (TPSA) is 77.0 Å². The van der Waals surface area contributed by atoms with Crippen molar-refractivity contribution in [3.63, 3.8) is 0 Å². The van der Waals surface area contributed by atoms with Crippen LogP contribution in [0.15, 0.2) is 24.3 Å². The highest BCUT2D eigenvalue weighted by atomic mass is 16.5. The van der Waals surface area contributed by atoms with Crippen LogP contribution in [0, 0.1) is 13.8 Å². The number of benzene rings is 2. The second kappa shape index (κ2) is 11.0. The Morgan fingerprint density at radius 2 is 1.86 bits per heavy atom. The van der Waals surface area contributed by atoms with Crippen LogP contribution >= 0.6 is 0 Å². The molecule has 6 heteroatoms. The Balaban J connectivity index is 1.75. The fourth-order valence-corrected chi connectivity index (χ4v) is 5.51. The van der Waals surface area contributed by atoms with E-state index in [1.807, 2.05) is 6.07 Å². The first-order valence-electron chi connectivity index (χ1n) is 12.9. The summed E-state index contributed by atoms with van der Waals surface area (Å²) >= 11 is 0. The van der Waals surface area contributed by atoms with Gasteiger partial charge in [0.25, 0.3) is 0 Å². The van der Waals surface area contributed by atoms with Crippen LogP contribution in [0.4, 0.5) is 5.69 Å². The van der Waals surface area contributed by atoms with Crippen LogP contribution in [0.5, 0.6) is 5.75 Å². The molecule has 4 rings (SSSR count). The van der Waals surface area contributed by atoms with Crippen LogP contribution in [-0.4, -0.2) is 43.0 Å². The Kier molecular flexibility index (Phi) is 8.02. The molecule has 1 saturated carbocycles. The Labute approximate surface area is 209 Å². The lowest BCUT2D eigenvalue weighted by molar-refractivity contribution is -0.145. The first-order chi connectivity index (χ1) is 16.9. The zero-order chi connectivity index (χ0) is 25.0. The van der Waals surface area contributed by atoms with Crippen LogP contribution in [0.3, 0.4) is 0 Å². The number of nitrogens with one attached hydrogen (secondary N) is 1. The molecular weight excluding hydrogens is 442 g/mol. The van der Waals surface area contributed by atoms with Crippen molar-refractivity contribution in [3.8, 4) is 16.9 Å². The van der Waals surface area contributed by atoms with Crippen molar-refractivity contribution < 1.29 is 24.1 Å². The highest BCUT2D eigenvalue weighted by molar-refractivity contribution is 5.84. The average Bonchev–Trinajstić information content (AvgIpc) is 3.38. The normalized spacial score (nSPS) is 17.9. The Morgan fingerprint density at radius 1 is 1.14 bits per heavy atom. The summed E-state index contributed by atoms with van der Waals surface area (Å²) in [7, 11) is 1.74. The molecular formula is C29H39NO5. The number of hydrogen-bond donors (Lipinski definition) is 2. The molecule has 35 heavy (non-hydrogen) atoms. The predicted octanol–water partition coefficient (Wildman–Crippen LogP) is 6.05. The number of aryl methyl sites for hydroxylation is 1. The van der Waals surface area contributed by atoms with Crippen LogP contribution in [-0.2, 0) is 27.3 Å². The molecule has 0 unspecified atom stereocenters. The number of carbonyl (C=O) groups is 1. The monoisotopic (exact) mass is 481 g/mol. The highest BCUT2D eigenvalue weighted by Crippen LogP contribution is 2.39. The molecule has 0 spiro atoms. The Morgan fingerprint density at radius 3 is 2.49 bits per heavy atom. The van der Waals surface area contributed by atoms with Gasteiger partial charge in [-0.3, -0.25) is 0 Å². The largest absolute Gasteiger partial charge is 0.496 e. The van der Waals surface area contributed by atoms with Crippen molar-refractivity contribution in [3.05, 3.63) is 46.5 Å². The average molecular weight is 482 g/mol. The fraction of sp³-hybridized carbons (Fsp3) is 0.552. The van der Waals surface area contributed by atoms with Gasteiger partial charge in [-0.15, -0.1) is 0 Å². The van der Waals surface area contributed by atoms with E-state index in [1.165, 1.54) is 24.0 Å². The van der Waals surface area contributed by atoms with Gasteiger partial charge in [0.1, 0.15) is 11.3 Å². The van der Waals surface area contributed by atoms with E-state index >= 15 is 0 Å². The number of carboxylic acids is 1. The Bertz CT molecular complexity index is 1050. The van der Waals surface area contributed by atoms with Gasteiger partial charge in [0.05, 0.1) is 19.8 Å². The maximum Gasteiger partial charge on any atom is 0.329 e. The van der Waals surface area contributed by atoms with Crippen molar-refractivity contribution in [1.82, 2.24) is 0 Å². The molecule has 0 radical (unpaired) electrons. The second-order valence-corrected chi connectivity index (χ2v) is 9.95. The molecule has 1 saturated heterocycles. The van der Waals surface area contributed by atoms with E-state index in [0.717, 1.165) is 53.0 Å². The van der Waals surface area contributed by atoms with Gasteiger partial charge in [0.15, 0.2) is 0 Å². The number of anilines is 1. The summed E-state index contributed by atoms with van der Waals surface area (Å²) in [6.07, 6.45) is 6.66. The van der Waals surface area contributed by atoms with E-state index in [2.05, 4.69) is 44.3 Å². The summed E-state index contributed by atoms with van der Waals surface area (Å²) in [5, 5.41) is 13.4. The molecule has 0 bridgehead atoms. The number of carboxylic acid groups (broad SMARTS) is 1. The summed E-state index contributed by atoms with van der Waals surface area (Å²) in [6, 6.07) is 8.42. The molecule has 2 fully saturated rings. The number of ether oxygens (including phenoxy) is 3. The van der Waals surface area contributed by atoms with Gasteiger partial charge in [-0.1, -0.05) is 31.9 Å². The van der Waals surface area contributed by atoms with Crippen molar-refractivity contribution in [2.24, 2.45) is 0 Å². The van der Waals surface area contributed by atoms with E-state index in [4.69, 9.17) is 14.2 Å². The molecule has 2 aromatic rings. The number of methoxy groups -OCH3 is 1. The first kappa shape index (κ1) is 25.5. The maximum atomic E-state index is 12.2. The van der Waals surface area contributed by atoms with E-state index < -0.39 is 11.5 Å². The minimum absolute atomic E-state index is 0.292. The van der Waals surface area contributed by atoms with Crippen LogP contribution in [0.1, 0.15) is 67.7 Å². The third-order valence-corrected chi connectivity index (χ3v) is 7.76. The van der Waals surface area contributed by atoms with Crippen LogP contribution in [0.2, 0.25) is 0 Å². The summed E-state index contributed by atoms with van der Waals surface area (Å²) in [6.45, 7) is 7.76. The van der Waals surface area contributed by atoms with Gasteiger partial charge in [0, 0.05) is 37.3 Å². The zero-order valence-electron chi connectivity index (χ0n) is 21.5. The molecule has 1 aliphatic carbocycles. The van der Waals surface area contributed by atoms with Gasteiger partial charge >= 0.3 is 5.97 Å². The summed E-state index contributed by atoms with van der Waals surface area (Å²) in [5.41, 5.74) is 6.66. The smallest absolute Gasteiger partial charge is 0.329 e. The quantitative estimate of drug-likeness (QED) is 0.454. The Hall–Kier alpha value is -2.57. The molecule has 0 atom stereocenters. The number of aliphatic carboxylic acids is 1. The molecule has 1 heterocycles. The summed E-state index contributed by atoms with van der Waals surface area (Å²) in [5.74, 6) is 0.111. The van der Waals surface area contributed by atoms with Crippen LogP contribution in [0.25, 0.3) is 11.1 Å². The molecule has 2 aromatic carbocycles. The maximum absolute atomic E-state index is 12.2. The summed E-state index contributed by atoms with van der Waals surface area (Å²) < 4.78 is 17.6. The lowest BCUT2D eigenvalue weighted by Crippen LogP contribution is -2.50. The fourth-order valence-electron chi connectivity index (χ4n) is 5.51. The molecule has 190 valence electrons. The molecule has 2 aliphatic rings. The third kappa shape index (κ3) is 5.34. The highest BCUT2D eigenvalue weighted by Gasteiger charge is 2.40. The summed E-state index contributed by atoms with van der Waals surface area (Å²) in [4.78, 5) is 12.2. The third-order valence-electron chi connectivity index (χ3n) is 7.76. The van der Waals surface area contributed by atoms with E-state index in [1.54, 1.807) is 7.11 Å². The van der Waals surface area contributed by atoms with Crippen LogP contribution < -0.4 is 10.1 Å². The SMILES string of the molecule is CCc1c(-c2ccc(NC3(C(=O)O)CCOCC3)cc2COC2CCCC2)cc(C)c(C)c1OC. The van der Waals surface area contributed by atoms with Gasteiger partial charge in [-0.05, 0) is 73.1 Å². The zero-order valence-corrected chi connectivity index (χ0v) is 21.5. The minimum atomic E-state index is -1.01.